The fraction of sp³-hybridized carbons (Fsp3) is 0. The van der Waals surface area contributed by atoms with Crippen molar-refractivity contribution >= 4 is 20.2 Å². The number of hydrogen-bond acceptors (Lipinski definition) is 5. The van der Waals surface area contributed by atoms with Gasteiger partial charge in [-0.3, -0.25) is 0 Å². The Morgan fingerprint density at radius 3 is 1.36 bits per heavy atom. The smallest absolute Gasteiger partial charge is 1.00 e. The predicted octanol–water partition coefficient (Wildman–Crippen LogP) is 1.11. The van der Waals surface area contributed by atoms with Crippen molar-refractivity contribution in [2.45, 2.75) is 9.79 Å². The molecule has 0 atom stereocenters. The van der Waals surface area contributed by atoms with E-state index in [-0.39, 0.29) is 40.8 Å². The summed E-state index contributed by atoms with van der Waals surface area (Å²) < 4.78 is 55.6. The maximum absolute atomic E-state index is 12.7. The Balaban J connectivity index is 0.00000150. The molecule has 4 aliphatic rings. The molecule has 0 bridgehead atoms. The summed E-state index contributed by atoms with van der Waals surface area (Å²) in [6.45, 7) is 0. The van der Waals surface area contributed by atoms with Crippen LogP contribution in [0.5, 0.6) is 0 Å². The molecular formula is C20H15NaO5S2. The third-order valence-electron chi connectivity index (χ3n) is 4.22. The summed E-state index contributed by atoms with van der Waals surface area (Å²) in [5, 5.41) is 0. The van der Waals surface area contributed by atoms with Crippen LogP contribution < -0.4 is 29.6 Å². The van der Waals surface area contributed by atoms with Crippen LogP contribution in [0, 0.1) is 0 Å². The predicted molar refractivity (Wildman–Crippen MR) is 103 cm³/mol. The molecule has 0 aromatic heterocycles. The number of fused-ring (bicyclic) bond motifs is 2. The van der Waals surface area contributed by atoms with E-state index in [2.05, 4.69) is 0 Å². The van der Waals surface area contributed by atoms with E-state index in [1.807, 2.05) is 0 Å². The normalized spacial score (nSPS) is 12.0. The zero-order chi connectivity index (χ0) is 19.1. The molecule has 4 rings (SSSR count). The fourth-order valence-electron chi connectivity index (χ4n) is 3.00. The van der Waals surface area contributed by atoms with E-state index >= 15 is 0 Å². The van der Waals surface area contributed by atoms with E-state index in [1.54, 1.807) is 72.8 Å². The largest absolute Gasteiger partial charge is 1.00 e. The standard InChI is InChI=1S/C20H14O5S2.Na.H/c21-26(22,19-13-11-15-7-3-1-5-9-17(15)19)25-27(23,24)20-14-12-16-8-4-2-6-10-18(16)20;;/h1-14H;;/q;+1;-1. The second-order valence-corrected chi connectivity index (χ2v) is 9.17. The van der Waals surface area contributed by atoms with Gasteiger partial charge in [0.1, 0.15) is 9.79 Å². The molecule has 28 heavy (non-hydrogen) atoms. The van der Waals surface area contributed by atoms with Gasteiger partial charge < -0.3 is 1.43 Å². The summed E-state index contributed by atoms with van der Waals surface area (Å²) in [5.74, 6) is 0. The van der Waals surface area contributed by atoms with Crippen molar-refractivity contribution in [3.05, 3.63) is 84.9 Å². The van der Waals surface area contributed by atoms with Gasteiger partial charge in [0.15, 0.2) is 0 Å². The average Bonchev–Trinajstić information content (AvgIpc) is 3.03. The van der Waals surface area contributed by atoms with Crippen LogP contribution in [0.4, 0.5) is 0 Å². The van der Waals surface area contributed by atoms with Crippen LogP contribution in [-0.4, -0.2) is 16.8 Å². The van der Waals surface area contributed by atoms with Gasteiger partial charge in [-0.2, -0.15) is 16.8 Å². The van der Waals surface area contributed by atoms with Crippen molar-refractivity contribution < 1.29 is 51.4 Å². The Morgan fingerprint density at radius 1 is 0.536 bits per heavy atom. The van der Waals surface area contributed by atoms with Crippen molar-refractivity contribution in [3.63, 3.8) is 0 Å². The minimum atomic E-state index is -4.53. The molecule has 0 N–H and O–H groups in total. The third kappa shape index (κ3) is 3.87. The molecular weight excluding hydrogens is 407 g/mol. The minimum absolute atomic E-state index is 0. The van der Waals surface area contributed by atoms with Crippen molar-refractivity contribution in [1.82, 2.24) is 0 Å². The first-order chi connectivity index (χ1) is 12.9. The third-order valence-corrected chi connectivity index (χ3v) is 7.44. The molecule has 0 aliphatic heterocycles. The molecule has 4 aliphatic carbocycles. The second-order valence-electron chi connectivity index (χ2n) is 5.93. The first kappa shape index (κ1) is 21.0. The van der Waals surface area contributed by atoms with E-state index in [0.29, 0.717) is 22.3 Å². The summed E-state index contributed by atoms with van der Waals surface area (Å²) in [6, 6.07) is 23.0. The summed E-state index contributed by atoms with van der Waals surface area (Å²) in [6.07, 6.45) is 0. The molecule has 0 amide bonds. The van der Waals surface area contributed by atoms with Crippen LogP contribution in [0.2, 0.25) is 0 Å². The SMILES string of the molecule is O=S(=O)(OS(=O)(=O)c1ccc2cccccc1-2)c1ccc2cccccc1-2.[H-].[Na+]. The van der Waals surface area contributed by atoms with Gasteiger partial charge in [-0.1, -0.05) is 72.8 Å². The zero-order valence-electron chi connectivity index (χ0n) is 15.9. The monoisotopic (exact) mass is 422 g/mol. The van der Waals surface area contributed by atoms with E-state index in [1.165, 1.54) is 12.1 Å². The molecule has 0 saturated carbocycles. The van der Waals surface area contributed by atoms with Gasteiger partial charge in [0, 0.05) is 11.1 Å². The topological polar surface area (TPSA) is 77.5 Å². The molecule has 0 aromatic rings. The van der Waals surface area contributed by atoms with E-state index < -0.39 is 20.2 Å². The van der Waals surface area contributed by atoms with Gasteiger partial charge in [0.05, 0.1) is 0 Å². The number of hydrogen-bond donors (Lipinski definition) is 0. The number of rotatable bonds is 4. The molecule has 8 heteroatoms. The Hall–Kier alpha value is -1.74. The second kappa shape index (κ2) is 7.94. The van der Waals surface area contributed by atoms with Crippen LogP contribution in [-0.2, 0) is 23.9 Å². The Kier molecular flexibility index (Phi) is 5.95. The van der Waals surface area contributed by atoms with E-state index in [4.69, 9.17) is 3.63 Å². The fourth-order valence-corrected chi connectivity index (χ4v) is 5.91. The average molecular weight is 422 g/mol. The summed E-state index contributed by atoms with van der Waals surface area (Å²) in [5.41, 5.74) is 2.14. The zero-order valence-corrected chi connectivity index (χ0v) is 18.6. The summed E-state index contributed by atoms with van der Waals surface area (Å²) >= 11 is 0. The molecule has 0 radical (unpaired) electrons. The van der Waals surface area contributed by atoms with Crippen LogP contribution in [0.25, 0.3) is 22.3 Å². The Labute approximate surface area is 187 Å². The first-order valence-corrected chi connectivity index (χ1v) is 10.9. The molecule has 0 aromatic carbocycles. The molecule has 138 valence electrons. The van der Waals surface area contributed by atoms with Gasteiger partial charge in [-0.25, -0.2) is 0 Å². The quantitative estimate of drug-likeness (QED) is 0.461. The summed E-state index contributed by atoms with van der Waals surface area (Å²) in [7, 11) is -9.06. The molecule has 0 spiro atoms. The van der Waals surface area contributed by atoms with Gasteiger partial charge in [-0.15, -0.1) is 3.63 Å². The van der Waals surface area contributed by atoms with Crippen LogP contribution in [0.15, 0.2) is 94.7 Å². The van der Waals surface area contributed by atoms with Crippen molar-refractivity contribution in [2.24, 2.45) is 0 Å². The minimum Gasteiger partial charge on any atom is -1.00 e. The molecule has 0 saturated heterocycles. The van der Waals surface area contributed by atoms with Gasteiger partial charge in [0.25, 0.3) is 0 Å². The first-order valence-electron chi connectivity index (χ1n) is 8.05. The molecule has 0 fully saturated rings. The Bertz CT molecular complexity index is 1190. The maximum Gasteiger partial charge on any atom is 1.00 e. The molecule has 5 nitrogen and oxygen atoms in total. The van der Waals surface area contributed by atoms with Gasteiger partial charge in [0.2, 0.25) is 0 Å². The maximum atomic E-state index is 12.7. The van der Waals surface area contributed by atoms with Gasteiger partial charge >= 0.3 is 49.8 Å². The molecule has 0 heterocycles. The Morgan fingerprint density at radius 2 is 0.929 bits per heavy atom. The van der Waals surface area contributed by atoms with Crippen molar-refractivity contribution in [3.8, 4) is 22.3 Å². The van der Waals surface area contributed by atoms with Crippen molar-refractivity contribution in [1.29, 1.82) is 0 Å². The van der Waals surface area contributed by atoms with E-state index in [9.17, 15) is 16.8 Å². The van der Waals surface area contributed by atoms with E-state index in [0.717, 1.165) is 0 Å². The molecule has 0 unspecified atom stereocenters. The van der Waals surface area contributed by atoms with Crippen LogP contribution in [0.3, 0.4) is 0 Å². The van der Waals surface area contributed by atoms with Gasteiger partial charge in [-0.05, 0) is 23.3 Å². The summed E-state index contributed by atoms with van der Waals surface area (Å²) in [4.78, 5) is -0.364. The van der Waals surface area contributed by atoms with Crippen LogP contribution >= 0.6 is 0 Å². The van der Waals surface area contributed by atoms with Crippen LogP contribution in [0.1, 0.15) is 1.43 Å². The van der Waals surface area contributed by atoms with Crippen molar-refractivity contribution in [2.75, 3.05) is 0 Å².